The van der Waals surface area contributed by atoms with Gasteiger partial charge in [-0.25, -0.2) is 0 Å². The molecule has 0 aliphatic heterocycles. The van der Waals surface area contributed by atoms with Crippen molar-refractivity contribution < 1.29 is 14.7 Å². The first-order valence-electron chi connectivity index (χ1n) is 10.00. The van der Waals surface area contributed by atoms with Gasteiger partial charge in [0.15, 0.2) is 0 Å². The van der Waals surface area contributed by atoms with Gasteiger partial charge in [-0.05, 0) is 61.6 Å². The Balaban J connectivity index is 2.77. The fourth-order valence-corrected chi connectivity index (χ4v) is 2.90. The highest BCUT2D eigenvalue weighted by Crippen LogP contribution is 2.32. The molecule has 0 heterocycles. The van der Waals surface area contributed by atoms with Crippen LogP contribution >= 0.6 is 0 Å². The lowest BCUT2D eigenvalue weighted by molar-refractivity contribution is -0.126. The number of nitrogens with two attached hydrogens (primary N) is 1. The van der Waals surface area contributed by atoms with Crippen LogP contribution in [0.4, 0.5) is 5.69 Å². The van der Waals surface area contributed by atoms with Crippen LogP contribution in [0.1, 0.15) is 60.5 Å². The Kier molecular flexibility index (Phi) is 8.48. The summed E-state index contributed by atoms with van der Waals surface area (Å²) < 4.78 is 0. The monoisotopic (exact) mass is 391 g/mol. The number of carbonyl (C=O) groups is 2. The zero-order valence-corrected chi connectivity index (χ0v) is 18.3. The van der Waals surface area contributed by atoms with Crippen molar-refractivity contribution in [2.75, 3.05) is 5.32 Å². The lowest BCUT2D eigenvalue weighted by Gasteiger charge is -2.29. The first-order chi connectivity index (χ1) is 12.8. The Bertz CT molecular complexity index is 680. The molecule has 158 valence electrons. The maximum Gasteiger partial charge on any atom is 0.246 e. The molecule has 6 nitrogen and oxygen atoms in total. The summed E-state index contributed by atoms with van der Waals surface area (Å²) in [6.45, 7) is 14.4. The van der Waals surface area contributed by atoms with Crippen LogP contribution in [0.5, 0.6) is 5.75 Å². The van der Waals surface area contributed by atoms with Crippen molar-refractivity contribution in [3.63, 3.8) is 0 Å². The molecule has 0 aliphatic carbocycles. The lowest BCUT2D eigenvalue weighted by Crippen LogP contribution is -2.47. The van der Waals surface area contributed by atoms with Crippen molar-refractivity contribution in [3.8, 4) is 5.75 Å². The molecule has 0 bridgehead atoms. The third kappa shape index (κ3) is 7.50. The molecule has 0 saturated heterocycles. The normalized spacial score (nSPS) is 16.0. The minimum Gasteiger partial charge on any atom is -0.506 e. The van der Waals surface area contributed by atoms with E-state index in [0.717, 1.165) is 18.4 Å². The molecule has 5 N–H and O–H groups in total. The zero-order valence-electron chi connectivity index (χ0n) is 18.3. The maximum absolute atomic E-state index is 12.3. The molecule has 4 atom stereocenters. The molecule has 0 aliphatic rings. The van der Waals surface area contributed by atoms with E-state index in [1.807, 2.05) is 6.07 Å². The SMILES string of the molecule is CC(N)C(=O)NC(C)C(=O)Nc1cc(C[C@H](C)CC(C)C(C)(C)C)ccc1O. The van der Waals surface area contributed by atoms with Gasteiger partial charge in [-0.3, -0.25) is 9.59 Å². The number of benzene rings is 1. The summed E-state index contributed by atoms with van der Waals surface area (Å²) in [5.41, 5.74) is 7.17. The number of phenolic OH excluding ortho intramolecular Hbond substituents is 1. The van der Waals surface area contributed by atoms with E-state index in [2.05, 4.69) is 45.3 Å². The van der Waals surface area contributed by atoms with Crippen LogP contribution in [0.15, 0.2) is 18.2 Å². The van der Waals surface area contributed by atoms with Crippen molar-refractivity contribution in [2.45, 2.75) is 73.4 Å². The van der Waals surface area contributed by atoms with Gasteiger partial charge in [0, 0.05) is 0 Å². The summed E-state index contributed by atoms with van der Waals surface area (Å²) in [7, 11) is 0. The number of carbonyl (C=O) groups excluding carboxylic acids is 2. The van der Waals surface area contributed by atoms with Crippen LogP contribution in [-0.2, 0) is 16.0 Å². The first kappa shape index (κ1) is 24.0. The molecular weight excluding hydrogens is 354 g/mol. The second kappa shape index (κ2) is 9.92. The minimum absolute atomic E-state index is 0.00136. The van der Waals surface area contributed by atoms with Gasteiger partial charge in [0.25, 0.3) is 0 Å². The molecule has 1 aromatic rings. The average molecular weight is 392 g/mol. The van der Waals surface area contributed by atoms with Gasteiger partial charge in [-0.15, -0.1) is 0 Å². The first-order valence-corrected chi connectivity index (χ1v) is 10.00. The van der Waals surface area contributed by atoms with E-state index >= 15 is 0 Å². The van der Waals surface area contributed by atoms with Crippen molar-refractivity contribution in [3.05, 3.63) is 23.8 Å². The van der Waals surface area contributed by atoms with E-state index in [4.69, 9.17) is 5.73 Å². The lowest BCUT2D eigenvalue weighted by atomic mass is 9.76. The number of hydrogen-bond donors (Lipinski definition) is 4. The third-order valence-corrected chi connectivity index (χ3v) is 5.30. The van der Waals surface area contributed by atoms with Crippen LogP contribution in [0.2, 0.25) is 0 Å². The third-order valence-electron chi connectivity index (χ3n) is 5.30. The number of phenols is 1. The molecular formula is C22H37N3O3. The molecule has 0 radical (unpaired) electrons. The molecule has 0 aromatic heterocycles. The second-order valence-electron chi connectivity index (χ2n) is 9.17. The van der Waals surface area contributed by atoms with Gasteiger partial charge in [-0.1, -0.05) is 40.7 Å². The van der Waals surface area contributed by atoms with Gasteiger partial charge >= 0.3 is 0 Å². The average Bonchev–Trinajstić information content (AvgIpc) is 2.56. The molecule has 0 fully saturated rings. The van der Waals surface area contributed by atoms with Crippen LogP contribution in [0.25, 0.3) is 0 Å². The standard InChI is InChI=1S/C22H37N3O3/c1-13(10-14(2)22(5,6)7)11-17-8-9-19(26)18(12-17)25-21(28)16(4)24-20(27)15(3)23/h8-9,12-16,26H,10-11,23H2,1-7H3,(H,24,27)(H,25,28)/t13-,14?,15?,16?/m1/s1. The van der Waals surface area contributed by atoms with Crippen LogP contribution < -0.4 is 16.4 Å². The topological polar surface area (TPSA) is 104 Å². The fourth-order valence-electron chi connectivity index (χ4n) is 2.90. The summed E-state index contributed by atoms with van der Waals surface area (Å²) in [6, 6.07) is 3.82. The Hall–Kier alpha value is -2.08. The molecule has 0 spiro atoms. The Morgan fingerprint density at radius 2 is 1.71 bits per heavy atom. The van der Waals surface area contributed by atoms with E-state index in [-0.39, 0.29) is 11.2 Å². The highest BCUT2D eigenvalue weighted by Gasteiger charge is 2.22. The van der Waals surface area contributed by atoms with Crippen LogP contribution in [-0.4, -0.2) is 29.0 Å². The molecule has 0 saturated carbocycles. The quantitative estimate of drug-likeness (QED) is 0.510. The number of aromatic hydroxyl groups is 1. The maximum atomic E-state index is 12.3. The minimum atomic E-state index is -0.756. The largest absolute Gasteiger partial charge is 0.506 e. The van der Waals surface area contributed by atoms with E-state index < -0.39 is 23.9 Å². The molecule has 6 heteroatoms. The molecule has 3 unspecified atom stereocenters. The van der Waals surface area contributed by atoms with Crippen LogP contribution in [0, 0.1) is 17.3 Å². The van der Waals surface area contributed by atoms with Gasteiger partial charge in [0.2, 0.25) is 11.8 Å². The van der Waals surface area contributed by atoms with Crippen molar-refractivity contribution in [2.24, 2.45) is 23.0 Å². The zero-order chi connectivity index (χ0) is 21.6. The molecule has 1 rings (SSSR count). The van der Waals surface area contributed by atoms with Crippen molar-refractivity contribution >= 4 is 17.5 Å². The fraction of sp³-hybridized carbons (Fsp3) is 0.636. The van der Waals surface area contributed by atoms with Gasteiger partial charge in [0.1, 0.15) is 11.8 Å². The predicted molar refractivity (Wildman–Crippen MR) is 114 cm³/mol. The van der Waals surface area contributed by atoms with Crippen LogP contribution in [0.3, 0.4) is 0 Å². The van der Waals surface area contributed by atoms with E-state index in [1.54, 1.807) is 26.0 Å². The summed E-state index contributed by atoms with van der Waals surface area (Å²) >= 11 is 0. The molecule has 1 aromatic carbocycles. The van der Waals surface area contributed by atoms with E-state index in [0.29, 0.717) is 17.5 Å². The van der Waals surface area contributed by atoms with E-state index in [1.165, 1.54) is 0 Å². The smallest absolute Gasteiger partial charge is 0.246 e. The van der Waals surface area contributed by atoms with Gasteiger partial charge < -0.3 is 21.5 Å². The second-order valence-corrected chi connectivity index (χ2v) is 9.17. The summed E-state index contributed by atoms with van der Waals surface area (Å²) in [5, 5.41) is 15.3. The highest BCUT2D eigenvalue weighted by molar-refractivity contribution is 5.98. The number of hydrogen-bond acceptors (Lipinski definition) is 4. The Morgan fingerprint density at radius 3 is 2.25 bits per heavy atom. The highest BCUT2D eigenvalue weighted by atomic mass is 16.3. The number of nitrogens with one attached hydrogen (secondary N) is 2. The summed E-state index contributed by atoms with van der Waals surface area (Å²) in [4.78, 5) is 24.0. The molecule has 2 amide bonds. The van der Waals surface area contributed by atoms with Gasteiger partial charge in [0.05, 0.1) is 11.7 Å². The summed E-state index contributed by atoms with van der Waals surface area (Å²) in [6.07, 6.45) is 1.97. The number of rotatable bonds is 8. The Morgan fingerprint density at radius 1 is 1.11 bits per heavy atom. The van der Waals surface area contributed by atoms with E-state index in [9.17, 15) is 14.7 Å². The number of anilines is 1. The predicted octanol–water partition coefficient (Wildman–Crippen LogP) is 3.43. The Labute approximate surface area is 169 Å². The molecule has 28 heavy (non-hydrogen) atoms. The van der Waals surface area contributed by atoms with Crippen molar-refractivity contribution in [1.29, 1.82) is 0 Å². The number of amides is 2. The van der Waals surface area contributed by atoms with Gasteiger partial charge in [-0.2, -0.15) is 0 Å². The van der Waals surface area contributed by atoms with Crippen molar-refractivity contribution in [1.82, 2.24) is 5.32 Å². The summed E-state index contributed by atoms with van der Waals surface area (Å²) in [5.74, 6) is 0.261.